The lowest BCUT2D eigenvalue weighted by atomic mass is 9.79. The summed E-state index contributed by atoms with van der Waals surface area (Å²) in [4.78, 5) is 0. The Balaban J connectivity index is 1.79. The van der Waals surface area contributed by atoms with Crippen molar-refractivity contribution < 1.29 is 35.5 Å². The predicted octanol–water partition coefficient (Wildman–Crippen LogP) is 7.41. The minimum Gasteiger partial charge on any atom is -0.426 e. The number of ether oxygens (including phenoxy) is 1. The molecule has 1 fully saturated rings. The van der Waals surface area contributed by atoms with E-state index in [1.807, 2.05) is 0 Å². The summed E-state index contributed by atoms with van der Waals surface area (Å²) in [7, 11) is 0. The van der Waals surface area contributed by atoms with Crippen LogP contribution in [-0.2, 0) is 12.3 Å². The summed E-state index contributed by atoms with van der Waals surface area (Å²) in [5.74, 6) is -2.89. The largest absolute Gasteiger partial charge is 0.426 e. The Morgan fingerprint density at radius 3 is 2.03 bits per heavy atom. The van der Waals surface area contributed by atoms with Crippen LogP contribution < -0.4 is 4.74 Å². The molecule has 0 radical (unpaired) electrons. The van der Waals surface area contributed by atoms with Gasteiger partial charge >= 0.3 is 12.3 Å². The molecule has 0 N–H and O–H groups in total. The van der Waals surface area contributed by atoms with E-state index in [-0.39, 0.29) is 18.1 Å². The molecule has 0 aliphatic heterocycles. The van der Waals surface area contributed by atoms with Crippen molar-refractivity contribution in [3.63, 3.8) is 0 Å². The highest BCUT2D eigenvalue weighted by Gasteiger charge is 2.39. The van der Waals surface area contributed by atoms with Crippen LogP contribution in [0.2, 0.25) is 0 Å². The third-order valence-electron chi connectivity index (χ3n) is 5.29. The molecule has 1 saturated carbocycles. The van der Waals surface area contributed by atoms with Crippen molar-refractivity contribution in [2.75, 3.05) is 0 Å². The standard InChI is InChI=1S/C21H19F7O/c1-12-2-4-13(5-3-12)14-6-9-19(18(23)10-14)29-21(27,28)15-7-8-16(17(22)11-15)20(24,25)26/h6-13H,2-5H2,1H3. The van der Waals surface area contributed by atoms with E-state index >= 15 is 0 Å². The number of hydrogen-bond donors (Lipinski definition) is 0. The average Bonchev–Trinajstić information content (AvgIpc) is 2.63. The van der Waals surface area contributed by atoms with Gasteiger partial charge in [0.25, 0.3) is 0 Å². The average molecular weight is 420 g/mol. The summed E-state index contributed by atoms with van der Waals surface area (Å²) in [6.07, 6.45) is -5.47. The van der Waals surface area contributed by atoms with Crippen LogP contribution in [0.5, 0.6) is 5.75 Å². The highest BCUT2D eigenvalue weighted by Crippen LogP contribution is 2.39. The van der Waals surface area contributed by atoms with Crippen molar-refractivity contribution in [2.24, 2.45) is 5.92 Å². The van der Waals surface area contributed by atoms with Gasteiger partial charge < -0.3 is 4.74 Å². The first-order chi connectivity index (χ1) is 13.5. The molecule has 29 heavy (non-hydrogen) atoms. The Morgan fingerprint density at radius 1 is 0.828 bits per heavy atom. The lowest BCUT2D eigenvalue weighted by Gasteiger charge is -2.27. The van der Waals surface area contributed by atoms with Gasteiger partial charge in [-0.05, 0) is 60.6 Å². The molecular formula is C21H19F7O. The van der Waals surface area contributed by atoms with Crippen LogP contribution in [0.15, 0.2) is 36.4 Å². The first-order valence-electron chi connectivity index (χ1n) is 9.21. The number of hydrogen-bond acceptors (Lipinski definition) is 1. The zero-order chi connectivity index (χ0) is 21.4. The molecule has 0 aromatic heterocycles. The second-order valence-electron chi connectivity index (χ2n) is 7.46. The van der Waals surface area contributed by atoms with Gasteiger partial charge in [0.2, 0.25) is 0 Å². The zero-order valence-electron chi connectivity index (χ0n) is 15.5. The van der Waals surface area contributed by atoms with Gasteiger partial charge in [0.15, 0.2) is 11.6 Å². The Morgan fingerprint density at radius 2 is 1.48 bits per heavy atom. The minimum absolute atomic E-state index is 0.0400. The van der Waals surface area contributed by atoms with Crippen molar-refractivity contribution >= 4 is 0 Å². The maximum atomic E-state index is 14.3. The van der Waals surface area contributed by atoms with Crippen LogP contribution in [0.25, 0.3) is 0 Å². The number of benzene rings is 2. The van der Waals surface area contributed by atoms with Crippen molar-refractivity contribution in [1.82, 2.24) is 0 Å². The van der Waals surface area contributed by atoms with Gasteiger partial charge in [0.05, 0.1) is 11.1 Å². The smallest absolute Gasteiger partial charge is 0.426 e. The fraction of sp³-hybridized carbons (Fsp3) is 0.429. The van der Waals surface area contributed by atoms with Crippen molar-refractivity contribution in [3.8, 4) is 5.75 Å². The summed E-state index contributed by atoms with van der Waals surface area (Å²) in [5, 5.41) is 0. The first kappa shape index (κ1) is 21.5. The lowest BCUT2D eigenvalue weighted by molar-refractivity contribution is -0.187. The maximum Gasteiger partial charge on any atom is 0.426 e. The van der Waals surface area contributed by atoms with E-state index in [1.54, 1.807) is 0 Å². The normalized spacial score (nSPS) is 20.6. The Labute approximate surface area is 163 Å². The molecule has 0 unspecified atom stereocenters. The zero-order valence-corrected chi connectivity index (χ0v) is 15.5. The molecule has 0 bridgehead atoms. The molecule has 0 spiro atoms. The molecule has 3 rings (SSSR count). The fourth-order valence-corrected chi connectivity index (χ4v) is 3.57. The molecule has 158 valence electrons. The first-order valence-corrected chi connectivity index (χ1v) is 9.21. The van der Waals surface area contributed by atoms with E-state index in [1.165, 1.54) is 6.07 Å². The third-order valence-corrected chi connectivity index (χ3v) is 5.29. The fourth-order valence-electron chi connectivity index (χ4n) is 3.57. The second kappa shape index (κ2) is 7.88. The molecule has 2 aromatic carbocycles. The Bertz CT molecular complexity index is 868. The van der Waals surface area contributed by atoms with Crippen molar-refractivity contribution in [2.45, 2.75) is 50.8 Å². The van der Waals surface area contributed by atoms with Crippen molar-refractivity contribution in [3.05, 3.63) is 64.7 Å². The van der Waals surface area contributed by atoms with Gasteiger partial charge in [-0.15, -0.1) is 0 Å². The number of alkyl halides is 5. The second-order valence-corrected chi connectivity index (χ2v) is 7.46. The third kappa shape index (κ3) is 4.85. The van der Waals surface area contributed by atoms with E-state index < -0.39 is 40.8 Å². The van der Waals surface area contributed by atoms with E-state index in [0.29, 0.717) is 17.5 Å². The van der Waals surface area contributed by atoms with Gasteiger partial charge in [-0.2, -0.15) is 22.0 Å². The minimum atomic E-state index is -5.02. The molecule has 2 aromatic rings. The predicted molar refractivity (Wildman–Crippen MR) is 92.7 cm³/mol. The molecule has 1 aliphatic carbocycles. The summed E-state index contributed by atoms with van der Waals surface area (Å²) in [6.45, 7) is 2.14. The molecule has 0 amide bonds. The van der Waals surface area contributed by atoms with Gasteiger partial charge in [-0.25, -0.2) is 8.78 Å². The SMILES string of the molecule is CC1CCC(c2ccc(OC(F)(F)c3ccc(C(F)(F)F)c(F)c3)c(F)c2)CC1. The summed E-state index contributed by atoms with van der Waals surface area (Å²) < 4.78 is 98.7. The molecule has 0 saturated heterocycles. The molecule has 8 heteroatoms. The monoisotopic (exact) mass is 420 g/mol. The summed E-state index contributed by atoms with van der Waals surface area (Å²) in [6, 6.07) is 4.35. The van der Waals surface area contributed by atoms with Crippen LogP contribution >= 0.6 is 0 Å². The quantitative estimate of drug-likeness (QED) is 0.468. The molecule has 0 atom stereocenters. The van der Waals surface area contributed by atoms with Crippen LogP contribution in [0.1, 0.15) is 55.2 Å². The van der Waals surface area contributed by atoms with Crippen LogP contribution in [0.3, 0.4) is 0 Å². The molecule has 0 heterocycles. The molecular weight excluding hydrogens is 401 g/mol. The number of halogens is 7. The van der Waals surface area contributed by atoms with Crippen molar-refractivity contribution in [1.29, 1.82) is 0 Å². The van der Waals surface area contributed by atoms with Crippen LogP contribution in [0, 0.1) is 17.6 Å². The molecule has 1 aliphatic rings. The van der Waals surface area contributed by atoms with Gasteiger partial charge in [-0.3, -0.25) is 0 Å². The van der Waals surface area contributed by atoms with E-state index in [2.05, 4.69) is 11.7 Å². The molecule has 1 nitrogen and oxygen atoms in total. The van der Waals surface area contributed by atoms with E-state index in [4.69, 9.17) is 0 Å². The topological polar surface area (TPSA) is 9.23 Å². The van der Waals surface area contributed by atoms with Crippen LogP contribution in [-0.4, -0.2) is 0 Å². The lowest BCUT2D eigenvalue weighted by Crippen LogP contribution is -2.23. The summed E-state index contributed by atoms with van der Waals surface area (Å²) in [5.41, 5.74) is -2.13. The summed E-state index contributed by atoms with van der Waals surface area (Å²) >= 11 is 0. The number of rotatable bonds is 4. The Hall–Kier alpha value is -2.25. The highest BCUT2D eigenvalue weighted by atomic mass is 19.4. The Kier molecular flexibility index (Phi) is 5.83. The van der Waals surface area contributed by atoms with Crippen LogP contribution in [0.4, 0.5) is 30.7 Å². The maximum absolute atomic E-state index is 14.3. The van der Waals surface area contributed by atoms with E-state index in [0.717, 1.165) is 37.8 Å². The van der Waals surface area contributed by atoms with Gasteiger partial charge in [-0.1, -0.05) is 25.8 Å². The van der Waals surface area contributed by atoms with Gasteiger partial charge in [0, 0.05) is 0 Å². The van der Waals surface area contributed by atoms with E-state index in [9.17, 15) is 30.7 Å². The highest BCUT2D eigenvalue weighted by molar-refractivity contribution is 5.34. The van der Waals surface area contributed by atoms with Gasteiger partial charge in [0.1, 0.15) is 5.82 Å².